The molecule has 0 saturated carbocycles. The summed E-state index contributed by atoms with van der Waals surface area (Å²) in [5, 5.41) is 8.32. The zero-order chi connectivity index (χ0) is 14.7. The van der Waals surface area contributed by atoms with E-state index in [0.29, 0.717) is 0 Å². The molecule has 2 heterocycles. The van der Waals surface area contributed by atoms with Crippen molar-refractivity contribution >= 4 is 22.1 Å². The molecule has 0 aliphatic rings. The normalized spacial score (nSPS) is 12.7. The predicted octanol–water partition coefficient (Wildman–Crippen LogP) is 4.69. The number of fused-ring (bicyclic) bond motifs is 1. The number of hydrogen-bond acceptors (Lipinski definition) is 3. The third-order valence-electron chi connectivity index (χ3n) is 3.74. The molecule has 2 aromatic heterocycles. The van der Waals surface area contributed by atoms with Crippen molar-refractivity contribution in [2.75, 3.05) is 6.54 Å². The first-order valence-corrected chi connectivity index (χ1v) is 8.30. The highest BCUT2D eigenvalue weighted by molar-refractivity contribution is 7.10. The lowest BCUT2D eigenvalue weighted by molar-refractivity contribution is 0.595. The fraction of sp³-hybridized carbons (Fsp3) is 0.278. The second-order valence-corrected chi connectivity index (χ2v) is 6.22. The van der Waals surface area contributed by atoms with Crippen LogP contribution in [0.15, 0.2) is 48.0 Å². The van der Waals surface area contributed by atoms with E-state index in [-0.39, 0.29) is 6.04 Å². The first-order chi connectivity index (χ1) is 10.3. The van der Waals surface area contributed by atoms with Crippen molar-refractivity contribution in [3.63, 3.8) is 0 Å². The van der Waals surface area contributed by atoms with E-state index in [9.17, 15) is 0 Å². The molecule has 1 aromatic carbocycles. The highest BCUT2D eigenvalue weighted by atomic mass is 32.1. The van der Waals surface area contributed by atoms with Crippen LogP contribution >= 0.6 is 11.3 Å². The minimum atomic E-state index is 0.177. The molecular weight excluding hydrogens is 276 g/mol. The number of thiophene rings is 1. The second-order valence-electron chi connectivity index (χ2n) is 5.27. The van der Waals surface area contributed by atoms with Gasteiger partial charge in [-0.2, -0.15) is 0 Å². The average Bonchev–Trinajstić information content (AvgIpc) is 2.94. The van der Waals surface area contributed by atoms with Gasteiger partial charge in [-0.3, -0.25) is 4.98 Å². The average molecular weight is 296 g/mol. The number of hydrogen-bond donors (Lipinski definition) is 1. The van der Waals surface area contributed by atoms with E-state index < -0.39 is 0 Å². The zero-order valence-electron chi connectivity index (χ0n) is 12.5. The van der Waals surface area contributed by atoms with Crippen LogP contribution in [-0.2, 0) is 0 Å². The first-order valence-electron chi connectivity index (χ1n) is 7.42. The molecule has 0 radical (unpaired) electrons. The van der Waals surface area contributed by atoms with Crippen LogP contribution in [0.25, 0.3) is 10.8 Å². The first kappa shape index (κ1) is 14.2. The molecule has 21 heavy (non-hydrogen) atoms. The number of nitrogens with one attached hydrogen (secondary N) is 1. The molecule has 0 fully saturated rings. The number of rotatable bonds is 5. The quantitative estimate of drug-likeness (QED) is 0.738. The Hall–Kier alpha value is -1.71. The molecule has 0 amide bonds. The van der Waals surface area contributed by atoms with E-state index in [1.807, 2.05) is 17.5 Å². The summed E-state index contributed by atoms with van der Waals surface area (Å²) in [6, 6.07) is 12.9. The Balaban J connectivity index is 2.12. The lowest BCUT2D eigenvalue weighted by Gasteiger charge is -2.19. The summed E-state index contributed by atoms with van der Waals surface area (Å²) in [6.07, 6.45) is 3.03. The monoisotopic (exact) mass is 296 g/mol. The largest absolute Gasteiger partial charge is 0.304 e. The van der Waals surface area contributed by atoms with Crippen molar-refractivity contribution in [2.24, 2.45) is 0 Å². The molecule has 108 valence electrons. The van der Waals surface area contributed by atoms with Crippen molar-refractivity contribution in [1.82, 2.24) is 10.3 Å². The van der Waals surface area contributed by atoms with Crippen molar-refractivity contribution in [3.8, 4) is 0 Å². The van der Waals surface area contributed by atoms with Crippen LogP contribution in [0.1, 0.15) is 35.5 Å². The van der Waals surface area contributed by atoms with Crippen LogP contribution < -0.4 is 5.32 Å². The number of aromatic nitrogens is 1. The van der Waals surface area contributed by atoms with Crippen LogP contribution in [0.3, 0.4) is 0 Å². The van der Waals surface area contributed by atoms with Crippen molar-refractivity contribution in [2.45, 2.75) is 26.3 Å². The smallest absolute Gasteiger partial charge is 0.0854 e. The Kier molecular flexibility index (Phi) is 4.32. The van der Waals surface area contributed by atoms with Crippen molar-refractivity contribution in [3.05, 3.63) is 64.1 Å². The molecule has 1 N–H and O–H groups in total. The van der Waals surface area contributed by atoms with Gasteiger partial charge in [0.1, 0.15) is 0 Å². The van der Waals surface area contributed by atoms with Gasteiger partial charge >= 0.3 is 0 Å². The van der Waals surface area contributed by atoms with Gasteiger partial charge in [-0.05, 0) is 48.4 Å². The number of nitrogens with zero attached hydrogens (tertiary/aromatic N) is 1. The molecule has 0 spiro atoms. The van der Waals surface area contributed by atoms with Gasteiger partial charge < -0.3 is 5.32 Å². The Morgan fingerprint density at radius 3 is 2.81 bits per heavy atom. The van der Waals surface area contributed by atoms with E-state index in [4.69, 9.17) is 4.98 Å². The molecule has 1 unspecified atom stereocenters. The maximum atomic E-state index is 4.70. The number of aryl methyl sites for hydroxylation is 1. The summed E-state index contributed by atoms with van der Waals surface area (Å²) in [7, 11) is 0. The molecule has 3 aromatic rings. The Morgan fingerprint density at radius 1 is 1.19 bits per heavy atom. The van der Waals surface area contributed by atoms with E-state index in [1.165, 1.54) is 21.2 Å². The van der Waals surface area contributed by atoms with Gasteiger partial charge in [0.25, 0.3) is 0 Å². The molecule has 1 atom stereocenters. The van der Waals surface area contributed by atoms with Gasteiger partial charge in [0.15, 0.2) is 0 Å². The van der Waals surface area contributed by atoms with Crippen LogP contribution in [0, 0.1) is 6.92 Å². The lowest BCUT2D eigenvalue weighted by atomic mass is 10.0. The molecule has 0 aliphatic carbocycles. The molecule has 0 bridgehead atoms. The zero-order valence-corrected chi connectivity index (χ0v) is 13.3. The molecule has 3 heteroatoms. The Bertz CT molecular complexity index is 727. The second kappa shape index (κ2) is 6.37. The van der Waals surface area contributed by atoms with Crippen LogP contribution in [0.4, 0.5) is 0 Å². The fourth-order valence-corrected chi connectivity index (χ4v) is 3.66. The number of pyridine rings is 1. The fourth-order valence-electron chi connectivity index (χ4n) is 2.66. The molecular formula is C18H20N2S. The summed E-state index contributed by atoms with van der Waals surface area (Å²) < 4.78 is 0. The van der Waals surface area contributed by atoms with Gasteiger partial charge in [0.2, 0.25) is 0 Å². The lowest BCUT2D eigenvalue weighted by Crippen LogP contribution is -2.24. The highest BCUT2D eigenvalue weighted by Crippen LogP contribution is 2.32. The minimum Gasteiger partial charge on any atom is -0.304 e. The number of benzene rings is 1. The maximum absolute atomic E-state index is 4.70. The van der Waals surface area contributed by atoms with E-state index in [2.05, 4.69) is 60.9 Å². The van der Waals surface area contributed by atoms with E-state index in [1.54, 1.807) is 0 Å². The summed E-state index contributed by atoms with van der Waals surface area (Å²) >= 11 is 1.81. The third kappa shape index (κ3) is 2.85. The molecule has 0 saturated heterocycles. The topological polar surface area (TPSA) is 24.9 Å². The van der Waals surface area contributed by atoms with Crippen molar-refractivity contribution in [1.29, 1.82) is 0 Å². The Morgan fingerprint density at radius 2 is 2.05 bits per heavy atom. The van der Waals surface area contributed by atoms with E-state index >= 15 is 0 Å². The minimum absolute atomic E-state index is 0.177. The van der Waals surface area contributed by atoms with Crippen LogP contribution in [0.2, 0.25) is 0 Å². The molecule has 2 nitrogen and oxygen atoms in total. The predicted molar refractivity (Wildman–Crippen MR) is 90.9 cm³/mol. The van der Waals surface area contributed by atoms with Gasteiger partial charge in [-0.1, -0.05) is 31.2 Å². The third-order valence-corrected chi connectivity index (χ3v) is 4.82. The maximum Gasteiger partial charge on any atom is 0.0854 e. The highest BCUT2D eigenvalue weighted by Gasteiger charge is 2.20. The summed E-state index contributed by atoms with van der Waals surface area (Å²) in [4.78, 5) is 6.07. The van der Waals surface area contributed by atoms with Gasteiger partial charge in [0, 0.05) is 16.5 Å². The van der Waals surface area contributed by atoms with Gasteiger partial charge in [-0.25, -0.2) is 0 Å². The Labute approximate surface area is 129 Å². The summed E-state index contributed by atoms with van der Waals surface area (Å²) in [5.74, 6) is 0. The standard InChI is InChI=1S/C18H20N2S/c1-3-10-19-17(18-13(2)9-12-21-18)16-15-7-5-4-6-14(15)8-11-20-16/h4-9,11-12,17,19H,3,10H2,1-2H3. The van der Waals surface area contributed by atoms with Crippen LogP contribution in [0.5, 0.6) is 0 Å². The van der Waals surface area contributed by atoms with Crippen molar-refractivity contribution < 1.29 is 0 Å². The van der Waals surface area contributed by atoms with Gasteiger partial charge in [-0.15, -0.1) is 11.3 Å². The molecule has 3 rings (SSSR count). The summed E-state index contributed by atoms with van der Waals surface area (Å²) in [5.41, 5.74) is 2.47. The van der Waals surface area contributed by atoms with E-state index in [0.717, 1.165) is 18.7 Å². The summed E-state index contributed by atoms with van der Waals surface area (Å²) in [6.45, 7) is 5.37. The molecule has 0 aliphatic heterocycles. The van der Waals surface area contributed by atoms with Gasteiger partial charge in [0.05, 0.1) is 11.7 Å². The van der Waals surface area contributed by atoms with Crippen LogP contribution in [-0.4, -0.2) is 11.5 Å². The SMILES string of the molecule is CCCNC(c1sccc1C)c1nccc2ccccc12.